The minimum Gasteiger partial charge on any atom is -0.469 e. The van der Waals surface area contributed by atoms with Crippen molar-refractivity contribution >= 4 is 35.8 Å². The molecular weight excluding hydrogens is 485 g/mol. The maximum Gasteiger partial charge on any atom is 0.243 e. The lowest BCUT2D eigenvalue weighted by molar-refractivity contribution is -0.127. The number of aliphatic imine (C=N–C) groups is 1. The van der Waals surface area contributed by atoms with Gasteiger partial charge in [0.2, 0.25) is 5.91 Å². The lowest BCUT2D eigenvalue weighted by Gasteiger charge is -2.12. The van der Waals surface area contributed by atoms with E-state index in [0.717, 1.165) is 36.5 Å². The van der Waals surface area contributed by atoms with E-state index in [9.17, 15) is 4.79 Å². The van der Waals surface area contributed by atoms with E-state index in [1.165, 1.54) is 4.90 Å². The van der Waals surface area contributed by atoms with Crippen LogP contribution < -0.4 is 10.6 Å². The first-order valence-electron chi connectivity index (χ1n) is 9.73. The van der Waals surface area contributed by atoms with Crippen LogP contribution in [0.4, 0.5) is 0 Å². The van der Waals surface area contributed by atoms with Gasteiger partial charge in [-0.25, -0.2) is 4.99 Å². The summed E-state index contributed by atoms with van der Waals surface area (Å²) < 4.78 is 10.8. The van der Waals surface area contributed by atoms with Crippen molar-refractivity contribution in [3.05, 3.63) is 41.7 Å². The monoisotopic (exact) mass is 517 g/mol. The molecule has 2 aromatic rings. The summed E-state index contributed by atoms with van der Waals surface area (Å²) in [5.74, 6) is 2.52. The van der Waals surface area contributed by atoms with Gasteiger partial charge in [0.15, 0.2) is 11.7 Å². The van der Waals surface area contributed by atoms with Gasteiger partial charge in [-0.1, -0.05) is 19.0 Å². The molecule has 2 rings (SSSR count). The van der Waals surface area contributed by atoms with Gasteiger partial charge >= 0.3 is 0 Å². The summed E-state index contributed by atoms with van der Waals surface area (Å²) in [6.07, 6.45) is 4.43. The maximum absolute atomic E-state index is 11.8. The lowest BCUT2D eigenvalue weighted by atomic mass is 9.99. The zero-order valence-electron chi connectivity index (χ0n) is 17.6. The number of nitrogens with zero attached hydrogens (tertiary/aromatic N) is 3. The molecule has 0 aliphatic heterocycles. The first kappa shape index (κ1) is 25.0. The van der Waals surface area contributed by atoms with Gasteiger partial charge in [-0.05, 0) is 25.0 Å². The first-order chi connectivity index (χ1) is 13.5. The van der Waals surface area contributed by atoms with Crippen molar-refractivity contribution in [2.45, 2.75) is 45.6 Å². The number of hydrogen-bond acceptors (Lipinski definition) is 5. The molecule has 0 unspecified atom stereocenters. The number of rotatable bonds is 10. The van der Waals surface area contributed by atoms with Gasteiger partial charge in [0.25, 0.3) is 0 Å². The molecule has 29 heavy (non-hydrogen) atoms. The Morgan fingerprint density at radius 2 is 2.00 bits per heavy atom. The van der Waals surface area contributed by atoms with Crippen LogP contribution in [0.1, 0.15) is 49.8 Å². The van der Waals surface area contributed by atoms with Crippen molar-refractivity contribution in [2.24, 2.45) is 4.99 Å². The van der Waals surface area contributed by atoms with Crippen LogP contribution in [0.15, 0.2) is 38.4 Å². The summed E-state index contributed by atoms with van der Waals surface area (Å²) in [4.78, 5) is 17.7. The average Bonchev–Trinajstić information content (AvgIpc) is 3.36. The normalized spacial score (nSPS) is 11.3. The van der Waals surface area contributed by atoms with Gasteiger partial charge in [-0.3, -0.25) is 4.79 Å². The molecule has 162 valence electrons. The smallest absolute Gasteiger partial charge is 0.243 e. The summed E-state index contributed by atoms with van der Waals surface area (Å²) in [5, 5.41) is 10.6. The van der Waals surface area contributed by atoms with Crippen molar-refractivity contribution in [1.82, 2.24) is 20.7 Å². The standard InChI is InChI=1S/C20H31N5O3.HI/c1-5-15(6-2)18-12-17(28-24-18)13-22-20(23-14-19(26)25(3)4)21-10-9-16-8-7-11-27-16;/h7-8,11-12,15H,5-6,9-10,13-14H2,1-4H3,(H2,21,22,23);1H. The molecule has 2 heterocycles. The summed E-state index contributed by atoms with van der Waals surface area (Å²) in [6, 6.07) is 5.77. The molecule has 0 saturated heterocycles. The van der Waals surface area contributed by atoms with Crippen molar-refractivity contribution in [3.8, 4) is 0 Å². The topological polar surface area (TPSA) is 95.9 Å². The number of amides is 1. The number of furan rings is 1. The Balaban J connectivity index is 0.00000420. The Labute approximate surface area is 189 Å². The second-order valence-electron chi connectivity index (χ2n) is 6.79. The summed E-state index contributed by atoms with van der Waals surface area (Å²) in [7, 11) is 3.42. The SMILES string of the molecule is CCC(CC)c1cc(CNC(=NCC(=O)N(C)C)NCCc2ccco2)on1.I. The quantitative estimate of drug-likeness (QED) is 0.286. The van der Waals surface area contributed by atoms with Crippen LogP contribution in [0.25, 0.3) is 0 Å². The Bertz CT molecular complexity index is 739. The zero-order chi connectivity index (χ0) is 20.4. The highest BCUT2D eigenvalue weighted by molar-refractivity contribution is 14.0. The van der Waals surface area contributed by atoms with Crippen LogP contribution in [-0.2, 0) is 17.8 Å². The van der Waals surface area contributed by atoms with Gasteiger partial charge in [0.05, 0.1) is 18.5 Å². The van der Waals surface area contributed by atoms with Crippen molar-refractivity contribution < 1.29 is 13.7 Å². The largest absolute Gasteiger partial charge is 0.469 e. The van der Waals surface area contributed by atoms with Crippen LogP contribution in [0.5, 0.6) is 0 Å². The molecule has 0 radical (unpaired) electrons. The number of guanidine groups is 1. The van der Waals surface area contributed by atoms with E-state index in [1.807, 2.05) is 18.2 Å². The lowest BCUT2D eigenvalue weighted by Crippen LogP contribution is -2.39. The molecule has 2 N–H and O–H groups in total. The van der Waals surface area contributed by atoms with E-state index in [-0.39, 0.29) is 36.4 Å². The molecule has 9 heteroatoms. The van der Waals surface area contributed by atoms with Gasteiger partial charge in [-0.15, -0.1) is 24.0 Å². The Hall–Kier alpha value is -2.04. The van der Waals surface area contributed by atoms with E-state index in [2.05, 4.69) is 34.6 Å². The molecule has 0 aromatic carbocycles. The summed E-state index contributed by atoms with van der Waals surface area (Å²) in [6.45, 7) is 5.44. The van der Waals surface area contributed by atoms with Gasteiger partial charge < -0.3 is 24.5 Å². The predicted molar refractivity (Wildman–Crippen MR) is 123 cm³/mol. The van der Waals surface area contributed by atoms with E-state index >= 15 is 0 Å². The van der Waals surface area contributed by atoms with Crippen LogP contribution in [-0.4, -0.2) is 49.1 Å². The highest BCUT2D eigenvalue weighted by Crippen LogP contribution is 2.22. The van der Waals surface area contributed by atoms with E-state index in [1.54, 1.807) is 20.4 Å². The molecule has 2 aromatic heterocycles. The molecule has 0 spiro atoms. The molecular formula is C20H32IN5O3. The highest BCUT2D eigenvalue weighted by atomic mass is 127. The van der Waals surface area contributed by atoms with E-state index < -0.39 is 0 Å². The first-order valence-corrected chi connectivity index (χ1v) is 9.73. The molecule has 0 aliphatic rings. The Kier molecular flexibility index (Phi) is 11.4. The third kappa shape index (κ3) is 8.46. The number of aromatic nitrogens is 1. The highest BCUT2D eigenvalue weighted by Gasteiger charge is 2.13. The minimum atomic E-state index is -0.0668. The van der Waals surface area contributed by atoms with Crippen LogP contribution >= 0.6 is 24.0 Å². The maximum atomic E-state index is 11.8. The molecule has 0 fully saturated rings. The fourth-order valence-corrected chi connectivity index (χ4v) is 2.70. The molecule has 8 nitrogen and oxygen atoms in total. The van der Waals surface area contributed by atoms with E-state index in [4.69, 9.17) is 8.94 Å². The fourth-order valence-electron chi connectivity index (χ4n) is 2.70. The summed E-state index contributed by atoms with van der Waals surface area (Å²) >= 11 is 0. The number of nitrogens with one attached hydrogen (secondary N) is 2. The number of likely N-dealkylation sites (N-methyl/N-ethyl adjacent to an activating group) is 1. The third-order valence-electron chi connectivity index (χ3n) is 4.53. The molecule has 0 aliphatic carbocycles. The average molecular weight is 517 g/mol. The van der Waals surface area contributed by atoms with Gasteiger partial charge in [0.1, 0.15) is 12.3 Å². The van der Waals surface area contributed by atoms with Crippen LogP contribution in [0.2, 0.25) is 0 Å². The number of carbonyl (C=O) groups is 1. The Morgan fingerprint density at radius 1 is 1.24 bits per heavy atom. The van der Waals surface area contributed by atoms with Gasteiger partial charge in [-0.2, -0.15) is 0 Å². The minimum absolute atomic E-state index is 0. The van der Waals surface area contributed by atoms with Crippen molar-refractivity contribution in [2.75, 3.05) is 27.2 Å². The third-order valence-corrected chi connectivity index (χ3v) is 4.53. The van der Waals surface area contributed by atoms with Gasteiger partial charge in [0, 0.05) is 39.0 Å². The molecule has 0 bridgehead atoms. The molecule has 1 amide bonds. The van der Waals surface area contributed by atoms with Crippen molar-refractivity contribution in [1.29, 1.82) is 0 Å². The molecule has 0 atom stereocenters. The fraction of sp³-hybridized carbons (Fsp3) is 0.550. The predicted octanol–water partition coefficient (Wildman–Crippen LogP) is 3.16. The second kappa shape index (κ2) is 13.2. The van der Waals surface area contributed by atoms with Crippen molar-refractivity contribution in [3.63, 3.8) is 0 Å². The zero-order valence-corrected chi connectivity index (χ0v) is 19.9. The number of hydrogen-bond donors (Lipinski definition) is 2. The summed E-state index contributed by atoms with van der Waals surface area (Å²) in [5.41, 5.74) is 0.980. The second-order valence-corrected chi connectivity index (χ2v) is 6.79. The van der Waals surface area contributed by atoms with Crippen LogP contribution in [0, 0.1) is 0 Å². The Morgan fingerprint density at radius 3 is 2.62 bits per heavy atom. The number of halogens is 1. The van der Waals surface area contributed by atoms with E-state index in [0.29, 0.717) is 25.0 Å². The molecule has 0 saturated carbocycles. The number of carbonyl (C=O) groups excluding carboxylic acids is 1. The van der Waals surface area contributed by atoms with Crippen LogP contribution in [0.3, 0.4) is 0 Å².